The third-order valence-corrected chi connectivity index (χ3v) is 4.73. The molecule has 0 atom stereocenters. The van der Waals surface area contributed by atoms with Crippen LogP contribution in [-0.2, 0) is 16.0 Å². The maximum absolute atomic E-state index is 12.3. The lowest BCUT2D eigenvalue weighted by Crippen LogP contribution is -2.23. The standard InChI is InChI=1S/C21H21N3O3/c25-20(10-3-5-15-14-22-19-9-2-1-8-18(15)19)23-16-6-4-7-17(13-16)24-11-12-27-21(24)26/h1-2,4,6-9,13-14,22H,3,5,10-12H2,(H,23,25). The Balaban J connectivity index is 1.32. The molecule has 4 rings (SSSR count). The molecule has 0 aliphatic carbocycles. The molecule has 2 N–H and O–H groups in total. The molecule has 27 heavy (non-hydrogen) atoms. The van der Waals surface area contributed by atoms with Gasteiger partial charge in [0.15, 0.2) is 0 Å². The van der Waals surface area contributed by atoms with Gasteiger partial charge in [-0.2, -0.15) is 0 Å². The van der Waals surface area contributed by atoms with Crippen LogP contribution in [0.1, 0.15) is 18.4 Å². The summed E-state index contributed by atoms with van der Waals surface area (Å²) in [6.07, 6.45) is 3.72. The van der Waals surface area contributed by atoms with Gasteiger partial charge < -0.3 is 15.0 Å². The molecule has 1 saturated heterocycles. The number of benzene rings is 2. The molecule has 6 nitrogen and oxygen atoms in total. The molecule has 1 aliphatic heterocycles. The van der Waals surface area contributed by atoms with Gasteiger partial charge in [-0.05, 0) is 42.7 Å². The molecule has 2 heterocycles. The number of nitrogens with one attached hydrogen (secondary N) is 2. The van der Waals surface area contributed by atoms with Crippen molar-refractivity contribution in [1.29, 1.82) is 0 Å². The Morgan fingerprint density at radius 2 is 2.07 bits per heavy atom. The van der Waals surface area contributed by atoms with Crippen molar-refractivity contribution in [3.05, 3.63) is 60.3 Å². The van der Waals surface area contributed by atoms with Gasteiger partial charge in [0.25, 0.3) is 0 Å². The molecule has 138 valence electrons. The number of fused-ring (bicyclic) bond motifs is 1. The Hall–Kier alpha value is -3.28. The van der Waals surface area contributed by atoms with Crippen molar-refractivity contribution in [3.8, 4) is 0 Å². The quantitative estimate of drug-likeness (QED) is 0.693. The van der Waals surface area contributed by atoms with Crippen LogP contribution in [0.25, 0.3) is 10.9 Å². The normalized spacial score (nSPS) is 13.8. The van der Waals surface area contributed by atoms with E-state index in [2.05, 4.69) is 22.4 Å². The number of aromatic nitrogens is 1. The minimum Gasteiger partial charge on any atom is -0.447 e. The second-order valence-corrected chi connectivity index (χ2v) is 6.58. The van der Waals surface area contributed by atoms with Crippen LogP contribution in [0.15, 0.2) is 54.7 Å². The Labute approximate surface area is 157 Å². The number of hydrogen-bond acceptors (Lipinski definition) is 3. The van der Waals surface area contributed by atoms with Gasteiger partial charge in [-0.25, -0.2) is 4.79 Å². The average molecular weight is 363 g/mol. The van der Waals surface area contributed by atoms with Crippen molar-refractivity contribution in [3.63, 3.8) is 0 Å². The van der Waals surface area contributed by atoms with E-state index in [4.69, 9.17) is 4.74 Å². The van der Waals surface area contributed by atoms with Gasteiger partial charge in [0.1, 0.15) is 6.61 Å². The topological polar surface area (TPSA) is 74.4 Å². The number of cyclic esters (lactones) is 1. The second-order valence-electron chi connectivity index (χ2n) is 6.58. The highest BCUT2D eigenvalue weighted by Crippen LogP contribution is 2.23. The van der Waals surface area contributed by atoms with Crippen molar-refractivity contribution < 1.29 is 14.3 Å². The second kappa shape index (κ2) is 7.53. The van der Waals surface area contributed by atoms with E-state index >= 15 is 0 Å². The molecular formula is C21H21N3O3. The van der Waals surface area contributed by atoms with E-state index in [1.807, 2.05) is 36.5 Å². The summed E-state index contributed by atoms with van der Waals surface area (Å²) in [5.74, 6) is -0.0315. The van der Waals surface area contributed by atoms with E-state index in [0.29, 0.717) is 25.3 Å². The van der Waals surface area contributed by atoms with Crippen molar-refractivity contribution >= 4 is 34.3 Å². The molecule has 0 spiro atoms. The average Bonchev–Trinajstić information content (AvgIpc) is 3.28. The molecule has 0 radical (unpaired) electrons. The number of aromatic amines is 1. The Bertz CT molecular complexity index is 979. The highest BCUT2D eigenvalue weighted by atomic mass is 16.6. The third kappa shape index (κ3) is 3.79. The van der Waals surface area contributed by atoms with E-state index in [1.165, 1.54) is 10.9 Å². The Kier molecular flexibility index (Phi) is 4.78. The molecule has 1 fully saturated rings. The molecule has 0 unspecified atom stereocenters. The summed E-state index contributed by atoms with van der Waals surface area (Å²) in [5.41, 5.74) is 3.76. The molecule has 0 saturated carbocycles. The van der Waals surface area contributed by atoms with E-state index < -0.39 is 0 Å². The molecule has 1 aliphatic rings. The van der Waals surface area contributed by atoms with Crippen molar-refractivity contribution in [1.82, 2.24) is 4.98 Å². The Morgan fingerprint density at radius 1 is 1.19 bits per heavy atom. The van der Waals surface area contributed by atoms with Crippen LogP contribution >= 0.6 is 0 Å². The van der Waals surface area contributed by atoms with Crippen LogP contribution < -0.4 is 10.2 Å². The van der Waals surface area contributed by atoms with E-state index in [-0.39, 0.29) is 12.0 Å². The maximum atomic E-state index is 12.3. The maximum Gasteiger partial charge on any atom is 0.414 e. The van der Waals surface area contributed by atoms with Crippen molar-refractivity contribution in [2.45, 2.75) is 19.3 Å². The largest absolute Gasteiger partial charge is 0.447 e. The third-order valence-electron chi connectivity index (χ3n) is 4.73. The van der Waals surface area contributed by atoms with Crippen LogP contribution in [-0.4, -0.2) is 30.1 Å². The van der Waals surface area contributed by atoms with Gasteiger partial charge in [0.05, 0.1) is 6.54 Å². The summed E-state index contributed by atoms with van der Waals surface area (Å²) < 4.78 is 4.96. The number of carbonyl (C=O) groups excluding carboxylic acids is 2. The summed E-state index contributed by atoms with van der Waals surface area (Å²) in [7, 11) is 0. The molecule has 2 amide bonds. The number of carbonyl (C=O) groups is 2. The monoisotopic (exact) mass is 363 g/mol. The molecule has 1 aromatic heterocycles. The van der Waals surface area contributed by atoms with Crippen LogP contribution in [0.4, 0.5) is 16.2 Å². The minimum atomic E-state index is -0.350. The first-order valence-corrected chi connectivity index (χ1v) is 9.10. The van der Waals surface area contributed by atoms with Crippen molar-refractivity contribution in [2.24, 2.45) is 0 Å². The van der Waals surface area contributed by atoms with Gasteiger partial charge in [-0.3, -0.25) is 9.69 Å². The molecular weight excluding hydrogens is 342 g/mol. The lowest BCUT2D eigenvalue weighted by molar-refractivity contribution is -0.116. The molecule has 6 heteroatoms. The fourth-order valence-corrected chi connectivity index (χ4v) is 3.38. The van der Waals surface area contributed by atoms with Gasteiger partial charge in [0.2, 0.25) is 5.91 Å². The van der Waals surface area contributed by atoms with Crippen molar-refractivity contribution in [2.75, 3.05) is 23.4 Å². The number of anilines is 2. The SMILES string of the molecule is O=C(CCCc1c[nH]c2ccccc12)Nc1cccc(N2CCOC2=O)c1. The molecule has 3 aromatic rings. The number of H-pyrrole nitrogens is 1. The first kappa shape index (κ1) is 17.1. The smallest absolute Gasteiger partial charge is 0.414 e. The number of hydrogen-bond donors (Lipinski definition) is 2. The zero-order valence-corrected chi connectivity index (χ0v) is 14.9. The summed E-state index contributed by atoms with van der Waals surface area (Å²) in [4.78, 5) is 28.8. The zero-order valence-electron chi connectivity index (χ0n) is 14.9. The highest BCUT2D eigenvalue weighted by molar-refractivity contribution is 5.93. The summed E-state index contributed by atoms with van der Waals surface area (Å²) in [6.45, 7) is 0.921. The highest BCUT2D eigenvalue weighted by Gasteiger charge is 2.23. The summed E-state index contributed by atoms with van der Waals surface area (Å²) in [5, 5.41) is 4.12. The molecule has 2 aromatic carbocycles. The fraction of sp³-hybridized carbons (Fsp3) is 0.238. The minimum absolute atomic E-state index is 0.0315. The predicted molar refractivity (Wildman–Crippen MR) is 105 cm³/mol. The lowest BCUT2D eigenvalue weighted by atomic mass is 10.1. The number of rotatable bonds is 6. The van der Waals surface area contributed by atoms with Crippen LogP contribution in [0.3, 0.4) is 0 Å². The number of aryl methyl sites for hydroxylation is 1. The fourth-order valence-electron chi connectivity index (χ4n) is 3.38. The van der Waals surface area contributed by atoms with E-state index in [0.717, 1.165) is 24.0 Å². The van der Waals surface area contributed by atoms with Crippen LogP contribution in [0, 0.1) is 0 Å². The first-order chi connectivity index (χ1) is 13.2. The lowest BCUT2D eigenvalue weighted by Gasteiger charge is -2.14. The zero-order chi connectivity index (χ0) is 18.6. The molecule has 0 bridgehead atoms. The van der Waals surface area contributed by atoms with Crippen LogP contribution in [0.5, 0.6) is 0 Å². The predicted octanol–water partition coefficient (Wildman–Crippen LogP) is 4.09. The number of ether oxygens (including phenoxy) is 1. The number of para-hydroxylation sites is 1. The first-order valence-electron chi connectivity index (χ1n) is 9.10. The van der Waals surface area contributed by atoms with E-state index in [1.54, 1.807) is 11.0 Å². The van der Waals surface area contributed by atoms with Crippen LogP contribution in [0.2, 0.25) is 0 Å². The summed E-state index contributed by atoms with van der Waals surface area (Å²) >= 11 is 0. The number of nitrogens with zero attached hydrogens (tertiary/aromatic N) is 1. The Morgan fingerprint density at radius 3 is 2.93 bits per heavy atom. The summed E-state index contributed by atoms with van der Waals surface area (Å²) in [6, 6.07) is 15.4. The van der Waals surface area contributed by atoms with Gasteiger partial charge in [0, 0.05) is 34.9 Å². The van der Waals surface area contributed by atoms with E-state index in [9.17, 15) is 9.59 Å². The van der Waals surface area contributed by atoms with Gasteiger partial charge in [-0.1, -0.05) is 24.3 Å². The van der Waals surface area contributed by atoms with Gasteiger partial charge >= 0.3 is 6.09 Å². The van der Waals surface area contributed by atoms with Gasteiger partial charge in [-0.15, -0.1) is 0 Å². The number of amides is 2.